The first kappa shape index (κ1) is 25.0. The van der Waals surface area contributed by atoms with E-state index in [9.17, 15) is 9.59 Å². The molecule has 178 valence electrons. The van der Waals surface area contributed by atoms with Gasteiger partial charge in [0, 0.05) is 63.2 Å². The van der Waals surface area contributed by atoms with Gasteiger partial charge in [0.05, 0.1) is 0 Å². The lowest BCUT2D eigenvalue weighted by atomic mass is 9.89. The first-order valence-electron chi connectivity index (χ1n) is 12.2. The van der Waals surface area contributed by atoms with Crippen LogP contribution >= 0.6 is 11.6 Å². The molecule has 2 aliphatic rings. The smallest absolute Gasteiger partial charge is 0.223 e. The van der Waals surface area contributed by atoms with Crippen molar-refractivity contribution in [2.75, 3.05) is 32.7 Å². The van der Waals surface area contributed by atoms with Gasteiger partial charge in [0.25, 0.3) is 0 Å². The van der Waals surface area contributed by atoms with Crippen molar-refractivity contribution in [2.45, 2.75) is 66.0 Å². The van der Waals surface area contributed by atoms with E-state index in [2.05, 4.69) is 49.6 Å². The number of piperidine rings is 1. The van der Waals surface area contributed by atoms with Gasteiger partial charge in [-0.2, -0.15) is 0 Å². The second-order valence-electron chi connectivity index (χ2n) is 10.3. The second-order valence-corrected chi connectivity index (χ2v) is 10.7. The van der Waals surface area contributed by atoms with Gasteiger partial charge in [-0.1, -0.05) is 51.4 Å². The minimum atomic E-state index is 0.145. The molecule has 0 aromatic heterocycles. The molecule has 2 fully saturated rings. The Morgan fingerprint density at radius 2 is 1.62 bits per heavy atom. The van der Waals surface area contributed by atoms with E-state index < -0.39 is 0 Å². The number of benzene rings is 1. The zero-order valence-electron chi connectivity index (χ0n) is 20.4. The molecular weight excluding hydrogens is 422 g/mol. The van der Waals surface area contributed by atoms with Crippen LogP contribution in [0.5, 0.6) is 0 Å². The molecule has 0 saturated carbocycles. The van der Waals surface area contributed by atoms with Crippen LogP contribution in [0, 0.1) is 17.8 Å². The zero-order valence-corrected chi connectivity index (χ0v) is 21.1. The number of carbonyl (C=O) groups is 2. The molecule has 2 heterocycles. The molecular formula is C26H40ClN3O2. The van der Waals surface area contributed by atoms with Gasteiger partial charge in [-0.25, -0.2) is 0 Å². The lowest BCUT2D eigenvalue weighted by Crippen LogP contribution is -2.58. The first-order valence-corrected chi connectivity index (χ1v) is 12.6. The Labute approximate surface area is 199 Å². The molecule has 5 nitrogen and oxygen atoms in total. The van der Waals surface area contributed by atoms with Crippen LogP contribution in [0.25, 0.3) is 0 Å². The van der Waals surface area contributed by atoms with Gasteiger partial charge in [0.1, 0.15) is 0 Å². The summed E-state index contributed by atoms with van der Waals surface area (Å²) in [6, 6.07) is 8.78. The molecule has 2 saturated heterocycles. The Morgan fingerprint density at radius 1 is 1.00 bits per heavy atom. The summed E-state index contributed by atoms with van der Waals surface area (Å²) in [5.41, 5.74) is 1.30. The number of piperazine rings is 1. The summed E-state index contributed by atoms with van der Waals surface area (Å²) < 4.78 is 0. The van der Waals surface area contributed by atoms with Gasteiger partial charge in [0.2, 0.25) is 11.8 Å². The van der Waals surface area contributed by atoms with E-state index in [0.717, 1.165) is 50.6 Å². The average molecular weight is 462 g/mol. The summed E-state index contributed by atoms with van der Waals surface area (Å²) in [6.45, 7) is 14.8. The van der Waals surface area contributed by atoms with Crippen LogP contribution in [0.3, 0.4) is 0 Å². The van der Waals surface area contributed by atoms with Crippen molar-refractivity contribution in [1.29, 1.82) is 0 Å². The van der Waals surface area contributed by atoms with Crippen LogP contribution in [0.15, 0.2) is 24.3 Å². The number of halogens is 1. The van der Waals surface area contributed by atoms with Crippen LogP contribution in [-0.2, 0) is 9.59 Å². The molecule has 0 bridgehead atoms. The fourth-order valence-corrected chi connectivity index (χ4v) is 5.58. The molecule has 0 aliphatic carbocycles. The summed E-state index contributed by atoms with van der Waals surface area (Å²) >= 11 is 6.13. The summed E-state index contributed by atoms with van der Waals surface area (Å²) in [4.78, 5) is 31.5. The van der Waals surface area contributed by atoms with E-state index >= 15 is 0 Å². The van der Waals surface area contributed by atoms with Crippen molar-refractivity contribution in [2.24, 2.45) is 17.8 Å². The van der Waals surface area contributed by atoms with E-state index in [-0.39, 0.29) is 17.9 Å². The molecule has 0 spiro atoms. The highest BCUT2D eigenvalue weighted by atomic mass is 35.5. The maximum atomic E-state index is 13.3. The Bertz CT molecular complexity index is 772. The number of amides is 2. The zero-order chi connectivity index (χ0) is 23.4. The SMILES string of the molecule is CC(=O)N1CCC(CC(=O)N2CCN(C(c3ccc(Cl)cc3)C(C)C)CC2C(C)C)CC1. The third-order valence-electron chi connectivity index (χ3n) is 7.30. The fourth-order valence-electron chi connectivity index (χ4n) is 5.46. The van der Waals surface area contributed by atoms with Crippen LogP contribution < -0.4 is 0 Å². The second kappa shape index (κ2) is 11.0. The molecule has 0 N–H and O–H groups in total. The lowest BCUT2D eigenvalue weighted by molar-refractivity contribution is -0.140. The van der Waals surface area contributed by atoms with Crippen molar-refractivity contribution in [1.82, 2.24) is 14.7 Å². The maximum Gasteiger partial charge on any atom is 0.223 e. The molecule has 3 rings (SSSR count). The van der Waals surface area contributed by atoms with Gasteiger partial charge >= 0.3 is 0 Å². The van der Waals surface area contributed by atoms with E-state index in [0.29, 0.717) is 30.2 Å². The molecule has 2 amide bonds. The number of carbonyl (C=O) groups excluding carboxylic acids is 2. The molecule has 2 aliphatic heterocycles. The van der Waals surface area contributed by atoms with Crippen LogP contribution in [-0.4, -0.2) is 65.3 Å². The van der Waals surface area contributed by atoms with Gasteiger partial charge in [-0.3, -0.25) is 14.5 Å². The largest absolute Gasteiger partial charge is 0.343 e. The van der Waals surface area contributed by atoms with Crippen molar-refractivity contribution in [3.8, 4) is 0 Å². The first-order chi connectivity index (χ1) is 15.2. The number of hydrogen-bond donors (Lipinski definition) is 0. The van der Waals surface area contributed by atoms with Crippen LogP contribution in [0.1, 0.15) is 65.5 Å². The van der Waals surface area contributed by atoms with Gasteiger partial charge < -0.3 is 9.80 Å². The lowest BCUT2D eigenvalue weighted by Gasteiger charge is -2.47. The quantitative estimate of drug-likeness (QED) is 0.607. The summed E-state index contributed by atoms with van der Waals surface area (Å²) in [5, 5.41) is 0.765. The minimum Gasteiger partial charge on any atom is -0.343 e. The highest BCUT2D eigenvalue weighted by molar-refractivity contribution is 6.30. The van der Waals surface area contributed by atoms with Crippen LogP contribution in [0.4, 0.5) is 0 Å². The summed E-state index contributed by atoms with van der Waals surface area (Å²) in [7, 11) is 0. The Morgan fingerprint density at radius 3 is 2.16 bits per heavy atom. The number of hydrogen-bond acceptors (Lipinski definition) is 3. The molecule has 32 heavy (non-hydrogen) atoms. The van der Waals surface area contributed by atoms with Crippen LogP contribution in [0.2, 0.25) is 5.02 Å². The van der Waals surface area contributed by atoms with Crippen molar-refractivity contribution < 1.29 is 9.59 Å². The van der Waals surface area contributed by atoms with Gasteiger partial charge in [-0.15, -0.1) is 0 Å². The van der Waals surface area contributed by atoms with E-state index in [1.807, 2.05) is 17.0 Å². The fraction of sp³-hybridized carbons (Fsp3) is 0.692. The van der Waals surface area contributed by atoms with E-state index in [1.54, 1.807) is 6.92 Å². The normalized spacial score (nSPS) is 21.9. The Kier molecular flexibility index (Phi) is 8.62. The molecule has 2 unspecified atom stereocenters. The van der Waals surface area contributed by atoms with E-state index in [4.69, 9.17) is 11.6 Å². The summed E-state index contributed by atoms with van der Waals surface area (Å²) in [5.74, 6) is 1.70. The number of likely N-dealkylation sites (tertiary alicyclic amines) is 1. The molecule has 1 aromatic carbocycles. The molecule has 2 atom stereocenters. The Balaban J connectivity index is 1.66. The van der Waals surface area contributed by atoms with Gasteiger partial charge in [-0.05, 0) is 48.3 Å². The number of nitrogens with zero attached hydrogens (tertiary/aromatic N) is 3. The van der Waals surface area contributed by atoms with E-state index in [1.165, 1.54) is 5.56 Å². The van der Waals surface area contributed by atoms with Gasteiger partial charge in [0.15, 0.2) is 0 Å². The topological polar surface area (TPSA) is 43.9 Å². The number of rotatable bonds is 6. The third kappa shape index (κ3) is 6.05. The minimum absolute atomic E-state index is 0.145. The average Bonchev–Trinajstić information content (AvgIpc) is 2.75. The monoisotopic (exact) mass is 461 g/mol. The Hall–Kier alpha value is -1.59. The van der Waals surface area contributed by atoms with Crippen molar-refractivity contribution >= 4 is 23.4 Å². The standard InChI is InChI=1S/C26H40ClN3O2/c1-18(2)24-17-29(26(19(3)4)22-6-8-23(27)9-7-22)14-15-30(24)25(32)16-21-10-12-28(13-11-21)20(5)31/h6-9,18-19,21,24,26H,10-17H2,1-5H3. The predicted octanol–water partition coefficient (Wildman–Crippen LogP) is 4.85. The molecule has 1 aromatic rings. The third-order valence-corrected chi connectivity index (χ3v) is 7.55. The summed E-state index contributed by atoms with van der Waals surface area (Å²) in [6.07, 6.45) is 2.48. The van der Waals surface area contributed by atoms with Crippen molar-refractivity contribution in [3.63, 3.8) is 0 Å². The molecule has 6 heteroatoms. The van der Waals surface area contributed by atoms with Crippen molar-refractivity contribution in [3.05, 3.63) is 34.9 Å². The highest BCUT2D eigenvalue weighted by Gasteiger charge is 2.37. The highest BCUT2D eigenvalue weighted by Crippen LogP contribution is 2.33. The molecule has 0 radical (unpaired) electrons. The predicted molar refractivity (Wildman–Crippen MR) is 131 cm³/mol. The maximum absolute atomic E-state index is 13.3.